The molecule has 0 radical (unpaired) electrons. The van der Waals surface area contributed by atoms with Crippen LogP contribution in [0.1, 0.15) is 49.3 Å². The van der Waals surface area contributed by atoms with Crippen LogP contribution in [-0.2, 0) is 11.2 Å². The second kappa shape index (κ2) is 7.54. The monoisotopic (exact) mass is 379 g/mol. The molecule has 4 rings (SSSR count). The first-order valence-electron chi connectivity index (χ1n) is 9.76. The predicted octanol–water partition coefficient (Wildman–Crippen LogP) is 3.67. The quantitative estimate of drug-likeness (QED) is 0.756. The Kier molecular flexibility index (Phi) is 4.94. The average Bonchev–Trinajstić information content (AvgIpc) is 3.08. The van der Waals surface area contributed by atoms with Crippen molar-refractivity contribution in [2.45, 2.75) is 50.2 Å². The number of carbonyl (C=O) groups excluding carboxylic acids is 2. The van der Waals surface area contributed by atoms with Crippen molar-refractivity contribution in [3.8, 4) is 5.75 Å². The van der Waals surface area contributed by atoms with Gasteiger partial charge < -0.3 is 21.1 Å². The van der Waals surface area contributed by atoms with E-state index in [0.29, 0.717) is 5.69 Å². The second-order valence-electron chi connectivity index (χ2n) is 7.73. The highest BCUT2D eigenvalue weighted by Gasteiger charge is 2.43. The third-order valence-electron chi connectivity index (χ3n) is 5.58. The lowest BCUT2D eigenvalue weighted by Crippen LogP contribution is -2.44. The third-order valence-corrected chi connectivity index (χ3v) is 5.58. The largest absolute Gasteiger partial charge is 0.487 e. The van der Waals surface area contributed by atoms with E-state index in [9.17, 15) is 9.59 Å². The molecule has 1 heterocycles. The van der Waals surface area contributed by atoms with Crippen molar-refractivity contribution in [2.24, 2.45) is 5.73 Å². The minimum absolute atomic E-state index is 0.100. The molecule has 1 aliphatic heterocycles. The zero-order valence-electron chi connectivity index (χ0n) is 15.7. The van der Waals surface area contributed by atoms with E-state index in [1.54, 1.807) is 18.2 Å². The summed E-state index contributed by atoms with van der Waals surface area (Å²) in [6, 6.07) is 14.7. The van der Waals surface area contributed by atoms with Gasteiger partial charge in [0, 0.05) is 17.7 Å². The maximum atomic E-state index is 12.7. The van der Waals surface area contributed by atoms with Crippen LogP contribution in [0.2, 0.25) is 0 Å². The summed E-state index contributed by atoms with van der Waals surface area (Å²) in [4.78, 5) is 23.8. The van der Waals surface area contributed by atoms with Gasteiger partial charge in [0.15, 0.2) is 0 Å². The van der Waals surface area contributed by atoms with Gasteiger partial charge in [0.05, 0.1) is 12.5 Å². The molecule has 28 heavy (non-hydrogen) atoms. The third kappa shape index (κ3) is 3.96. The van der Waals surface area contributed by atoms with E-state index in [1.165, 1.54) is 0 Å². The van der Waals surface area contributed by atoms with Gasteiger partial charge in [-0.15, -0.1) is 0 Å². The Morgan fingerprint density at radius 1 is 1.11 bits per heavy atom. The van der Waals surface area contributed by atoms with Crippen molar-refractivity contribution in [1.82, 2.24) is 5.32 Å². The molecule has 0 aromatic heterocycles. The molecule has 1 saturated carbocycles. The Bertz CT molecular complexity index is 890. The minimum atomic E-state index is -0.401. The lowest BCUT2D eigenvalue weighted by atomic mass is 9.86. The van der Waals surface area contributed by atoms with E-state index < -0.39 is 5.91 Å². The van der Waals surface area contributed by atoms with Gasteiger partial charge in [-0.2, -0.15) is 0 Å². The van der Waals surface area contributed by atoms with Gasteiger partial charge in [0.1, 0.15) is 11.4 Å². The van der Waals surface area contributed by atoms with Gasteiger partial charge in [0.2, 0.25) is 5.91 Å². The summed E-state index contributed by atoms with van der Waals surface area (Å²) in [5, 5.41) is 5.98. The predicted molar refractivity (Wildman–Crippen MR) is 107 cm³/mol. The summed E-state index contributed by atoms with van der Waals surface area (Å²) >= 11 is 0. The van der Waals surface area contributed by atoms with Crippen molar-refractivity contribution in [2.75, 3.05) is 5.32 Å². The zero-order chi connectivity index (χ0) is 19.6. The standard InChI is InChI=1S/C22H25N3O3/c23-20(26)13-15-6-5-7-16(12-15)24-21(27)25-18-14-22(10-3-4-11-22)28-19-9-2-1-8-17(18)19/h1-2,5-9,12,18H,3-4,10-11,13-14H2,(H2,23,26)(H2,24,25,27)/t18-/m1/s1. The lowest BCUT2D eigenvalue weighted by Gasteiger charge is -2.40. The fraction of sp³-hybridized carbons (Fsp3) is 0.364. The highest BCUT2D eigenvalue weighted by Crippen LogP contribution is 2.46. The van der Waals surface area contributed by atoms with Crippen LogP contribution in [0.4, 0.5) is 10.5 Å². The number of urea groups is 1. The molecule has 6 nitrogen and oxygen atoms in total. The number of nitrogens with one attached hydrogen (secondary N) is 2. The molecule has 2 aromatic rings. The van der Waals surface area contributed by atoms with Crippen LogP contribution < -0.4 is 21.1 Å². The van der Waals surface area contributed by atoms with Crippen molar-refractivity contribution < 1.29 is 14.3 Å². The van der Waals surface area contributed by atoms with E-state index in [0.717, 1.165) is 49.0 Å². The maximum Gasteiger partial charge on any atom is 0.319 e. The number of carbonyl (C=O) groups is 2. The maximum absolute atomic E-state index is 12.7. The van der Waals surface area contributed by atoms with Crippen molar-refractivity contribution >= 4 is 17.6 Å². The number of ether oxygens (including phenoxy) is 1. The fourth-order valence-corrected chi connectivity index (χ4v) is 4.36. The minimum Gasteiger partial charge on any atom is -0.487 e. The van der Waals surface area contributed by atoms with Crippen molar-refractivity contribution in [3.63, 3.8) is 0 Å². The first-order chi connectivity index (χ1) is 13.5. The molecular formula is C22H25N3O3. The van der Waals surface area contributed by atoms with E-state index in [4.69, 9.17) is 10.5 Å². The smallest absolute Gasteiger partial charge is 0.319 e. The Morgan fingerprint density at radius 3 is 2.68 bits per heavy atom. The number of anilines is 1. The first-order valence-corrected chi connectivity index (χ1v) is 9.76. The zero-order valence-corrected chi connectivity index (χ0v) is 15.7. The van der Waals surface area contributed by atoms with Gasteiger partial charge in [-0.05, 0) is 49.4 Å². The summed E-state index contributed by atoms with van der Waals surface area (Å²) in [6.45, 7) is 0. The van der Waals surface area contributed by atoms with Crippen LogP contribution in [0.25, 0.3) is 0 Å². The number of para-hydroxylation sites is 1. The molecule has 0 unspecified atom stereocenters. The molecule has 2 aliphatic rings. The second-order valence-corrected chi connectivity index (χ2v) is 7.73. The highest BCUT2D eigenvalue weighted by atomic mass is 16.5. The van der Waals surface area contributed by atoms with Crippen LogP contribution in [0.3, 0.4) is 0 Å². The van der Waals surface area contributed by atoms with Gasteiger partial charge in [0.25, 0.3) is 0 Å². The van der Waals surface area contributed by atoms with E-state index in [1.807, 2.05) is 30.3 Å². The Hall–Kier alpha value is -3.02. The fourth-order valence-electron chi connectivity index (χ4n) is 4.36. The van der Waals surface area contributed by atoms with Crippen LogP contribution in [0.15, 0.2) is 48.5 Å². The first kappa shape index (κ1) is 18.3. The number of hydrogen-bond donors (Lipinski definition) is 3. The molecule has 1 fully saturated rings. The molecule has 1 atom stereocenters. The molecule has 146 valence electrons. The summed E-state index contributed by atoms with van der Waals surface area (Å²) in [5.41, 5.74) is 7.49. The molecular weight excluding hydrogens is 354 g/mol. The molecule has 1 aliphatic carbocycles. The Balaban J connectivity index is 1.48. The molecule has 0 bridgehead atoms. The van der Waals surface area contributed by atoms with Gasteiger partial charge in [-0.3, -0.25) is 4.79 Å². The van der Waals surface area contributed by atoms with Gasteiger partial charge >= 0.3 is 6.03 Å². The Morgan fingerprint density at radius 2 is 1.89 bits per heavy atom. The number of rotatable bonds is 4. The van der Waals surface area contributed by atoms with Crippen LogP contribution in [0, 0.1) is 0 Å². The lowest BCUT2D eigenvalue weighted by molar-refractivity contribution is -0.117. The summed E-state index contributed by atoms with van der Waals surface area (Å²) in [6.07, 6.45) is 5.29. The average molecular weight is 379 g/mol. The highest BCUT2D eigenvalue weighted by molar-refractivity contribution is 5.90. The SMILES string of the molecule is NC(=O)Cc1cccc(NC(=O)N[C@@H]2CC3(CCCC3)Oc3ccccc32)c1. The van der Waals surface area contributed by atoms with Gasteiger partial charge in [-0.25, -0.2) is 4.79 Å². The number of benzene rings is 2. The van der Waals surface area contributed by atoms with E-state index in [-0.39, 0.29) is 24.1 Å². The molecule has 6 heteroatoms. The topological polar surface area (TPSA) is 93.5 Å². The van der Waals surface area contributed by atoms with Crippen molar-refractivity contribution in [1.29, 1.82) is 0 Å². The van der Waals surface area contributed by atoms with Crippen LogP contribution in [0.5, 0.6) is 5.75 Å². The number of amides is 3. The summed E-state index contributed by atoms with van der Waals surface area (Å²) in [7, 11) is 0. The molecule has 1 spiro atoms. The summed E-state index contributed by atoms with van der Waals surface area (Å²) in [5.74, 6) is 0.465. The number of primary amides is 1. The van der Waals surface area contributed by atoms with Crippen molar-refractivity contribution in [3.05, 3.63) is 59.7 Å². The van der Waals surface area contributed by atoms with Crippen LogP contribution >= 0.6 is 0 Å². The number of fused-ring (bicyclic) bond motifs is 1. The normalized spacial score (nSPS) is 19.5. The number of nitrogens with two attached hydrogens (primary N) is 1. The molecule has 0 saturated heterocycles. The van der Waals surface area contributed by atoms with Gasteiger partial charge in [-0.1, -0.05) is 30.3 Å². The van der Waals surface area contributed by atoms with Crippen LogP contribution in [-0.4, -0.2) is 17.5 Å². The van der Waals surface area contributed by atoms with E-state index >= 15 is 0 Å². The molecule has 3 amide bonds. The molecule has 4 N–H and O–H groups in total. The Labute approximate surface area is 164 Å². The summed E-state index contributed by atoms with van der Waals surface area (Å²) < 4.78 is 6.35. The molecule has 2 aromatic carbocycles. The van der Waals surface area contributed by atoms with E-state index in [2.05, 4.69) is 10.6 Å². The number of hydrogen-bond acceptors (Lipinski definition) is 3.